The summed E-state index contributed by atoms with van der Waals surface area (Å²) in [5.74, 6) is -1.09. The summed E-state index contributed by atoms with van der Waals surface area (Å²) >= 11 is 0. The van der Waals surface area contributed by atoms with Crippen molar-refractivity contribution in [1.82, 2.24) is 9.55 Å². The first-order valence-corrected chi connectivity index (χ1v) is 11.6. The first-order valence-electron chi connectivity index (χ1n) is 10.1. The average Bonchev–Trinajstić information content (AvgIpc) is 3.14. The van der Waals surface area contributed by atoms with Gasteiger partial charge in [0, 0.05) is 0 Å². The molecule has 0 spiro atoms. The van der Waals surface area contributed by atoms with Crippen molar-refractivity contribution < 1.29 is 27.6 Å². The molecule has 1 aliphatic rings. The summed E-state index contributed by atoms with van der Waals surface area (Å²) in [5, 5.41) is 0. The fraction of sp³-hybridized carbons (Fsp3) is 0.778. The lowest BCUT2D eigenvalue weighted by molar-refractivity contribution is -0.0287. The van der Waals surface area contributed by atoms with Crippen LogP contribution in [0.2, 0.25) is 0 Å². The van der Waals surface area contributed by atoms with Crippen molar-refractivity contribution in [1.29, 1.82) is 0 Å². The Morgan fingerprint density at radius 2 is 1.97 bits per heavy atom. The van der Waals surface area contributed by atoms with Gasteiger partial charge in [0.1, 0.15) is 6.23 Å². The van der Waals surface area contributed by atoms with Crippen molar-refractivity contribution >= 4 is 7.82 Å². The number of hydrogen-bond donors (Lipinski definition) is 2. The highest BCUT2D eigenvalue weighted by Crippen LogP contribution is 2.46. The van der Waals surface area contributed by atoms with Crippen molar-refractivity contribution in [2.24, 2.45) is 0 Å². The molecular weight excluding hydrogens is 406 g/mol. The number of nitrogens with zero attached hydrogens (tertiary/aromatic N) is 1. The zero-order valence-corrected chi connectivity index (χ0v) is 17.7. The lowest BCUT2D eigenvalue weighted by Crippen LogP contribution is -2.34. The lowest BCUT2D eigenvalue weighted by atomic mass is 10.1. The van der Waals surface area contributed by atoms with E-state index in [1.165, 1.54) is 0 Å². The van der Waals surface area contributed by atoms with Gasteiger partial charge in [-0.2, -0.15) is 4.39 Å². The van der Waals surface area contributed by atoms with Crippen LogP contribution in [0, 0.1) is 5.82 Å². The number of phosphoric acid groups is 1. The Balaban J connectivity index is 1.89. The van der Waals surface area contributed by atoms with Crippen molar-refractivity contribution in [2.75, 3.05) is 6.61 Å². The maximum Gasteiger partial charge on any atom is 0.472 e. The summed E-state index contributed by atoms with van der Waals surface area (Å²) in [4.78, 5) is 34.9. The Kier molecular flexibility index (Phi) is 9.23. The predicted octanol–water partition coefficient (Wildman–Crippen LogP) is 3.24. The number of unbranched alkanes of at least 4 members (excludes halogenated alkanes) is 2. The van der Waals surface area contributed by atoms with Crippen LogP contribution < -0.4 is 11.2 Å². The van der Waals surface area contributed by atoms with Gasteiger partial charge in [0.2, 0.25) is 5.82 Å². The second-order valence-corrected chi connectivity index (χ2v) is 8.62. The molecule has 1 aromatic heterocycles. The maximum atomic E-state index is 13.4. The van der Waals surface area contributed by atoms with E-state index in [-0.39, 0.29) is 12.7 Å². The number of aromatic amines is 1. The molecule has 1 aromatic rings. The minimum atomic E-state index is -4.25. The van der Waals surface area contributed by atoms with Crippen LogP contribution in [0.15, 0.2) is 15.8 Å². The van der Waals surface area contributed by atoms with Gasteiger partial charge in [0.15, 0.2) is 0 Å². The van der Waals surface area contributed by atoms with Crippen molar-refractivity contribution in [2.45, 2.75) is 83.6 Å². The molecule has 9 nitrogen and oxygen atoms in total. The molecule has 1 unspecified atom stereocenters. The summed E-state index contributed by atoms with van der Waals surface area (Å²) in [6.07, 6.45) is 5.00. The minimum absolute atomic E-state index is 0.195. The molecule has 1 saturated heterocycles. The Hall–Kier alpha value is -1.32. The largest absolute Gasteiger partial charge is 0.472 e. The SMILES string of the molecule is CCCCC(CCCC)OP(=O)(O)OC[C@@H]1CC[C@H](n2cc(F)c(=O)[nH]c2=O)O1. The van der Waals surface area contributed by atoms with Gasteiger partial charge in [-0.05, 0) is 25.7 Å². The first-order chi connectivity index (χ1) is 13.8. The highest BCUT2D eigenvalue weighted by Gasteiger charge is 2.32. The van der Waals surface area contributed by atoms with Gasteiger partial charge >= 0.3 is 13.5 Å². The molecule has 11 heteroatoms. The number of nitrogens with one attached hydrogen (secondary N) is 1. The standard InChI is InChI=1S/C18H30FN2O7P/c1-3-5-7-13(8-6-4-2)28-29(24,25)26-12-14-9-10-16(27-14)21-11-15(19)17(22)20-18(21)23/h11,13-14,16H,3-10,12H2,1-2H3,(H,24,25)(H,20,22,23)/t14-,16+/m0/s1. The molecule has 2 heterocycles. The predicted molar refractivity (Wildman–Crippen MR) is 104 cm³/mol. The van der Waals surface area contributed by atoms with Crippen LogP contribution in [-0.4, -0.2) is 33.3 Å². The van der Waals surface area contributed by atoms with E-state index in [2.05, 4.69) is 0 Å². The van der Waals surface area contributed by atoms with Crippen LogP contribution in [-0.2, 0) is 18.3 Å². The quantitative estimate of drug-likeness (QED) is 0.483. The monoisotopic (exact) mass is 436 g/mol. The molecule has 1 aliphatic heterocycles. The Morgan fingerprint density at radius 1 is 1.31 bits per heavy atom. The molecule has 0 radical (unpaired) electrons. The topological polar surface area (TPSA) is 120 Å². The Morgan fingerprint density at radius 3 is 2.59 bits per heavy atom. The zero-order chi connectivity index (χ0) is 21.4. The normalized spacial score (nSPS) is 21.6. The molecule has 166 valence electrons. The van der Waals surface area contributed by atoms with Crippen molar-refractivity contribution in [3.63, 3.8) is 0 Å². The Bertz CT molecular complexity index is 804. The Labute approximate surface area is 168 Å². The number of aromatic nitrogens is 2. The highest BCUT2D eigenvalue weighted by molar-refractivity contribution is 7.47. The number of rotatable bonds is 12. The van der Waals surface area contributed by atoms with Crippen LogP contribution in [0.4, 0.5) is 4.39 Å². The number of ether oxygens (including phenoxy) is 1. The van der Waals surface area contributed by atoms with Crippen molar-refractivity contribution in [3.8, 4) is 0 Å². The number of hydrogen-bond acceptors (Lipinski definition) is 6. The molecule has 0 saturated carbocycles. The van der Waals surface area contributed by atoms with Gasteiger partial charge in [0.05, 0.1) is 25.0 Å². The molecule has 2 rings (SSSR count). The van der Waals surface area contributed by atoms with Gasteiger partial charge in [-0.1, -0.05) is 39.5 Å². The molecule has 0 bridgehead atoms. The highest BCUT2D eigenvalue weighted by atomic mass is 31.2. The third kappa shape index (κ3) is 7.46. The summed E-state index contributed by atoms with van der Waals surface area (Å²) in [7, 11) is -4.25. The molecule has 3 atom stereocenters. The van der Waals surface area contributed by atoms with Crippen LogP contribution in [0.25, 0.3) is 0 Å². The lowest BCUT2D eigenvalue weighted by Gasteiger charge is -2.22. The smallest absolute Gasteiger partial charge is 0.352 e. The van der Waals surface area contributed by atoms with Crippen LogP contribution in [0.3, 0.4) is 0 Å². The van der Waals surface area contributed by atoms with Crippen molar-refractivity contribution in [3.05, 3.63) is 32.9 Å². The van der Waals surface area contributed by atoms with E-state index < -0.39 is 37.2 Å². The van der Waals surface area contributed by atoms with Crippen LogP contribution >= 0.6 is 7.82 Å². The van der Waals surface area contributed by atoms with E-state index in [9.17, 15) is 23.4 Å². The maximum absolute atomic E-state index is 13.4. The minimum Gasteiger partial charge on any atom is -0.352 e. The second kappa shape index (κ2) is 11.2. The summed E-state index contributed by atoms with van der Waals surface area (Å²) < 4.78 is 42.8. The second-order valence-electron chi connectivity index (χ2n) is 7.21. The number of phosphoric ester groups is 1. The number of halogens is 1. The summed E-state index contributed by atoms with van der Waals surface area (Å²) in [6, 6.07) is 0. The van der Waals surface area contributed by atoms with E-state index in [1.807, 2.05) is 18.8 Å². The molecule has 0 amide bonds. The van der Waals surface area contributed by atoms with Crippen LogP contribution in [0.5, 0.6) is 0 Å². The fourth-order valence-electron chi connectivity index (χ4n) is 3.20. The van der Waals surface area contributed by atoms with E-state index in [0.29, 0.717) is 25.7 Å². The fourth-order valence-corrected chi connectivity index (χ4v) is 4.20. The van der Waals surface area contributed by atoms with Gasteiger partial charge < -0.3 is 9.63 Å². The molecular formula is C18H30FN2O7P. The van der Waals surface area contributed by atoms with Gasteiger partial charge in [-0.3, -0.25) is 23.4 Å². The molecule has 0 aromatic carbocycles. The third-order valence-electron chi connectivity index (χ3n) is 4.78. The third-order valence-corrected chi connectivity index (χ3v) is 5.82. The van der Waals surface area contributed by atoms with Gasteiger partial charge in [0.25, 0.3) is 5.56 Å². The molecule has 2 N–H and O–H groups in total. The van der Waals surface area contributed by atoms with Gasteiger partial charge in [-0.15, -0.1) is 0 Å². The first kappa shape index (κ1) is 24.0. The van der Waals surface area contributed by atoms with E-state index in [4.69, 9.17) is 13.8 Å². The zero-order valence-electron chi connectivity index (χ0n) is 16.8. The summed E-state index contributed by atoms with van der Waals surface area (Å²) in [5.41, 5.74) is -1.88. The van der Waals surface area contributed by atoms with E-state index in [0.717, 1.165) is 36.4 Å². The molecule has 1 fully saturated rings. The molecule has 29 heavy (non-hydrogen) atoms. The number of H-pyrrole nitrogens is 1. The van der Waals surface area contributed by atoms with Gasteiger partial charge in [-0.25, -0.2) is 9.36 Å². The van der Waals surface area contributed by atoms with E-state index in [1.54, 1.807) is 0 Å². The van der Waals surface area contributed by atoms with E-state index >= 15 is 0 Å². The molecule has 0 aliphatic carbocycles. The average molecular weight is 436 g/mol. The van der Waals surface area contributed by atoms with Crippen LogP contribution in [0.1, 0.15) is 71.4 Å². The summed E-state index contributed by atoms with van der Waals surface area (Å²) in [6.45, 7) is 3.89.